The number of anilines is 1. The molecule has 1 aliphatic heterocycles. The van der Waals surface area contributed by atoms with Crippen LogP contribution < -0.4 is 4.90 Å². The van der Waals surface area contributed by atoms with Gasteiger partial charge in [-0.05, 0) is 30.4 Å². The molecule has 1 fully saturated rings. The molecule has 1 atom stereocenters. The Morgan fingerprint density at radius 2 is 1.81 bits per heavy atom. The molecule has 3 aromatic rings. The number of benzene rings is 1. The van der Waals surface area contributed by atoms with E-state index in [1.165, 1.54) is 24.8 Å². The Morgan fingerprint density at radius 3 is 2.65 bits per heavy atom. The van der Waals surface area contributed by atoms with Crippen molar-refractivity contribution >= 4 is 17.1 Å². The summed E-state index contributed by atoms with van der Waals surface area (Å²) in [6.07, 6.45) is 7.30. The van der Waals surface area contributed by atoms with Crippen LogP contribution in [0.3, 0.4) is 0 Å². The number of hydrogen-bond donors (Lipinski definition) is 0. The van der Waals surface area contributed by atoms with Gasteiger partial charge in [-0.3, -0.25) is 4.90 Å². The lowest BCUT2D eigenvalue weighted by atomic mass is 9.87. The molecule has 134 valence electrons. The van der Waals surface area contributed by atoms with Crippen molar-refractivity contribution in [3.63, 3.8) is 0 Å². The lowest BCUT2D eigenvalue weighted by molar-refractivity contribution is 0.169. The van der Waals surface area contributed by atoms with E-state index in [0.29, 0.717) is 6.04 Å². The fourth-order valence-electron chi connectivity index (χ4n) is 4.34. The molecule has 26 heavy (non-hydrogen) atoms. The molecular weight excluding hydrogens is 324 g/mol. The Bertz CT molecular complexity index is 925. The molecule has 1 aromatic carbocycles. The summed E-state index contributed by atoms with van der Waals surface area (Å²) in [6.45, 7) is 4.14. The number of rotatable bonds is 2. The Balaban J connectivity index is 1.26. The molecule has 0 amide bonds. The van der Waals surface area contributed by atoms with Crippen LogP contribution in [0.4, 0.5) is 5.95 Å². The molecule has 2 aliphatic rings. The van der Waals surface area contributed by atoms with Crippen molar-refractivity contribution in [2.75, 3.05) is 31.1 Å². The van der Waals surface area contributed by atoms with Crippen molar-refractivity contribution in [2.24, 2.45) is 7.05 Å². The van der Waals surface area contributed by atoms with Gasteiger partial charge in [0.15, 0.2) is 5.65 Å². The molecule has 5 rings (SSSR count). The first-order valence-corrected chi connectivity index (χ1v) is 9.48. The van der Waals surface area contributed by atoms with Gasteiger partial charge in [-0.15, -0.1) is 0 Å². The minimum atomic E-state index is 0.674. The largest absolute Gasteiger partial charge is 0.338 e. The van der Waals surface area contributed by atoms with Gasteiger partial charge in [-0.25, -0.2) is 9.97 Å². The molecule has 3 heterocycles. The van der Waals surface area contributed by atoms with E-state index in [0.717, 1.165) is 43.3 Å². The van der Waals surface area contributed by atoms with Gasteiger partial charge in [0.2, 0.25) is 5.95 Å². The Morgan fingerprint density at radius 1 is 1.00 bits per heavy atom. The zero-order valence-corrected chi connectivity index (χ0v) is 15.2. The van der Waals surface area contributed by atoms with Crippen molar-refractivity contribution in [1.29, 1.82) is 0 Å². The molecule has 6 heteroatoms. The summed E-state index contributed by atoms with van der Waals surface area (Å²) >= 11 is 0. The molecule has 6 nitrogen and oxygen atoms in total. The van der Waals surface area contributed by atoms with Crippen LogP contribution in [0.1, 0.15) is 17.5 Å². The normalized spacial score (nSPS) is 21.1. The predicted octanol–water partition coefficient (Wildman–Crippen LogP) is 2.04. The summed E-state index contributed by atoms with van der Waals surface area (Å²) < 4.78 is 1.95. The molecule has 0 spiro atoms. The molecule has 2 aromatic heterocycles. The predicted molar refractivity (Wildman–Crippen MR) is 102 cm³/mol. The zero-order chi connectivity index (χ0) is 17.5. The minimum Gasteiger partial charge on any atom is -0.338 e. The fraction of sp³-hybridized carbons (Fsp3) is 0.450. The highest BCUT2D eigenvalue weighted by molar-refractivity contribution is 5.70. The van der Waals surface area contributed by atoms with Gasteiger partial charge < -0.3 is 9.47 Å². The maximum atomic E-state index is 4.72. The number of hydrogen-bond acceptors (Lipinski definition) is 5. The summed E-state index contributed by atoms with van der Waals surface area (Å²) in [7, 11) is 1.98. The Hall–Kier alpha value is -2.47. The molecule has 0 radical (unpaired) electrons. The Kier molecular flexibility index (Phi) is 3.85. The van der Waals surface area contributed by atoms with Crippen LogP contribution in [-0.2, 0) is 19.9 Å². The minimum absolute atomic E-state index is 0.674. The van der Waals surface area contributed by atoms with Gasteiger partial charge in [0, 0.05) is 39.3 Å². The lowest BCUT2D eigenvalue weighted by Crippen LogP contribution is -2.52. The Labute approximate surface area is 153 Å². The maximum absolute atomic E-state index is 4.72. The van der Waals surface area contributed by atoms with Crippen LogP contribution in [0.5, 0.6) is 0 Å². The van der Waals surface area contributed by atoms with Gasteiger partial charge in [-0.2, -0.15) is 4.98 Å². The SMILES string of the molecule is Cn1cnc2cnc(N3CCN(C4CCc5ccccc5C4)CC3)nc21. The van der Waals surface area contributed by atoms with E-state index in [2.05, 4.69) is 44.0 Å². The van der Waals surface area contributed by atoms with Gasteiger partial charge in [0.05, 0.1) is 12.5 Å². The smallest absolute Gasteiger partial charge is 0.227 e. The number of fused-ring (bicyclic) bond motifs is 2. The third-order valence-electron chi connectivity index (χ3n) is 5.88. The highest BCUT2D eigenvalue weighted by atomic mass is 15.3. The van der Waals surface area contributed by atoms with Crippen molar-refractivity contribution in [3.05, 3.63) is 47.9 Å². The number of aryl methyl sites for hydroxylation is 2. The highest BCUT2D eigenvalue weighted by Gasteiger charge is 2.28. The van der Waals surface area contributed by atoms with Crippen LogP contribution in [0.15, 0.2) is 36.8 Å². The number of aromatic nitrogens is 4. The highest BCUT2D eigenvalue weighted by Crippen LogP contribution is 2.25. The van der Waals surface area contributed by atoms with Gasteiger partial charge in [0.25, 0.3) is 0 Å². The van der Waals surface area contributed by atoms with Gasteiger partial charge in [-0.1, -0.05) is 24.3 Å². The number of imidazole rings is 1. The molecule has 1 saturated heterocycles. The van der Waals surface area contributed by atoms with E-state index < -0.39 is 0 Å². The molecule has 1 aliphatic carbocycles. The fourth-order valence-corrected chi connectivity index (χ4v) is 4.34. The molecule has 0 bridgehead atoms. The third-order valence-corrected chi connectivity index (χ3v) is 5.88. The van der Waals surface area contributed by atoms with E-state index in [-0.39, 0.29) is 0 Å². The quantitative estimate of drug-likeness (QED) is 0.709. The zero-order valence-electron chi connectivity index (χ0n) is 15.2. The van der Waals surface area contributed by atoms with E-state index >= 15 is 0 Å². The van der Waals surface area contributed by atoms with E-state index in [4.69, 9.17) is 4.98 Å². The first kappa shape index (κ1) is 15.8. The number of nitrogens with zero attached hydrogens (tertiary/aromatic N) is 6. The summed E-state index contributed by atoms with van der Waals surface area (Å²) in [5.41, 5.74) is 4.84. The molecular formula is C20H24N6. The van der Waals surface area contributed by atoms with Crippen LogP contribution in [0.25, 0.3) is 11.2 Å². The average Bonchev–Trinajstić information content (AvgIpc) is 3.08. The first-order valence-electron chi connectivity index (χ1n) is 9.48. The van der Waals surface area contributed by atoms with Crippen molar-refractivity contribution < 1.29 is 0 Å². The summed E-state index contributed by atoms with van der Waals surface area (Å²) in [5, 5.41) is 0. The van der Waals surface area contributed by atoms with E-state index in [1.807, 2.05) is 17.8 Å². The van der Waals surface area contributed by atoms with Gasteiger partial charge in [0.1, 0.15) is 5.52 Å². The van der Waals surface area contributed by atoms with Crippen LogP contribution >= 0.6 is 0 Å². The molecule has 0 N–H and O–H groups in total. The third kappa shape index (κ3) is 2.74. The van der Waals surface area contributed by atoms with Crippen LogP contribution in [0, 0.1) is 0 Å². The second kappa shape index (κ2) is 6.36. The summed E-state index contributed by atoms with van der Waals surface area (Å²) in [6, 6.07) is 9.60. The van der Waals surface area contributed by atoms with Crippen molar-refractivity contribution in [3.8, 4) is 0 Å². The average molecular weight is 348 g/mol. The molecule has 1 unspecified atom stereocenters. The van der Waals surface area contributed by atoms with Gasteiger partial charge >= 0.3 is 0 Å². The van der Waals surface area contributed by atoms with Crippen molar-refractivity contribution in [1.82, 2.24) is 24.4 Å². The first-order chi connectivity index (χ1) is 12.8. The molecule has 0 saturated carbocycles. The van der Waals surface area contributed by atoms with Crippen LogP contribution in [-0.4, -0.2) is 56.6 Å². The standard InChI is InChI=1S/C20H24N6/c1-24-14-22-18-13-21-20(23-19(18)24)26-10-8-25(9-11-26)17-7-6-15-4-2-3-5-16(15)12-17/h2-5,13-14,17H,6-12H2,1H3. The maximum Gasteiger partial charge on any atom is 0.227 e. The lowest BCUT2D eigenvalue weighted by Gasteiger charge is -2.41. The van der Waals surface area contributed by atoms with Crippen LogP contribution in [0.2, 0.25) is 0 Å². The second-order valence-electron chi connectivity index (χ2n) is 7.42. The number of piperazine rings is 1. The topological polar surface area (TPSA) is 50.1 Å². The van der Waals surface area contributed by atoms with E-state index in [9.17, 15) is 0 Å². The van der Waals surface area contributed by atoms with E-state index in [1.54, 1.807) is 11.9 Å². The monoisotopic (exact) mass is 348 g/mol. The second-order valence-corrected chi connectivity index (χ2v) is 7.42. The summed E-state index contributed by atoms with van der Waals surface area (Å²) in [5.74, 6) is 0.828. The van der Waals surface area contributed by atoms with Crippen molar-refractivity contribution in [2.45, 2.75) is 25.3 Å². The summed E-state index contributed by atoms with van der Waals surface area (Å²) in [4.78, 5) is 18.5.